The lowest BCUT2D eigenvalue weighted by Gasteiger charge is -2.07. The molecule has 1 saturated heterocycles. The highest BCUT2D eigenvalue weighted by molar-refractivity contribution is 5.75. The van der Waals surface area contributed by atoms with E-state index in [4.69, 9.17) is 6.42 Å². The molecule has 1 atom stereocenters. The van der Waals surface area contributed by atoms with Gasteiger partial charge in [-0.05, 0) is 38.3 Å². The van der Waals surface area contributed by atoms with E-state index in [-0.39, 0.29) is 5.91 Å². The molecule has 0 aromatic heterocycles. The molecule has 84 valence electrons. The molecule has 0 aromatic carbocycles. The lowest BCUT2D eigenvalue weighted by atomic mass is 10.0. The molecule has 0 spiro atoms. The molecule has 2 N–H and O–H groups in total. The van der Waals surface area contributed by atoms with Gasteiger partial charge in [0.15, 0.2) is 0 Å². The quantitative estimate of drug-likeness (QED) is 0.503. The largest absolute Gasteiger partial charge is 0.356 e. The van der Waals surface area contributed by atoms with E-state index in [1.807, 2.05) is 0 Å². The van der Waals surface area contributed by atoms with Crippen molar-refractivity contribution in [3.63, 3.8) is 0 Å². The molecule has 1 aliphatic heterocycles. The van der Waals surface area contributed by atoms with E-state index in [9.17, 15) is 4.79 Å². The van der Waals surface area contributed by atoms with Crippen molar-refractivity contribution in [1.82, 2.24) is 10.6 Å². The number of carbonyl (C=O) groups is 1. The maximum Gasteiger partial charge on any atom is 0.220 e. The predicted octanol–water partition coefficient (Wildman–Crippen LogP) is 0.906. The van der Waals surface area contributed by atoms with Crippen molar-refractivity contribution in [2.24, 2.45) is 5.92 Å². The summed E-state index contributed by atoms with van der Waals surface area (Å²) in [4.78, 5) is 11.4. The lowest BCUT2D eigenvalue weighted by molar-refractivity contribution is -0.121. The SMILES string of the molecule is C#CCCCNC(=O)CCC1CCNC1. The predicted molar refractivity (Wildman–Crippen MR) is 61.3 cm³/mol. The Morgan fingerprint density at radius 2 is 2.47 bits per heavy atom. The topological polar surface area (TPSA) is 41.1 Å². The number of carbonyl (C=O) groups excluding carboxylic acids is 1. The standard InChI is InChI=1S/C12H20N2O/c1-2-3-4-8-14-12(15)6-5-11-7-9-13-10-11/h1,11,13H,3-10H2,(H,14,15). The van der Waals surface area contributed by atoms with Gasteiger partial charge in [-0.2, -0.15) is 0 Å². The molecule has 0 saturated carbocycles. The molecular weight excluding hydrogens is 188 g/mol. The van der Waals surface area contributed by atoms with Gasteiger partial charge >= 0.3 is 0 Å². The van der Waals surface area contributed by atoms with Gasteiger partial charge in [-0.15, -0.1) is 12.3 Å². The Morgan fingerprint density at radius 1 is 1.60 bits per heavy atom. The molecule has 1 rings (SSSR count). The molecule has 1 unspecified atom stereocenters. The van der Waals surface area contributed by atoms with Crippen LogP contribution in [0.1, 0.15) is 32.1 Å². The first kappa shape index (κ1) is 12.1. The van der Waals surface area contributed by atoms with Crippen LogP contribution in [0.4, 0.5) is 0 Å². The van der Waals surface area contributed by atoms with Crippen molar-refractivity contribution in [2.45, 2.75) is 32.1 Å². The zero-order valence-corrected chi connectivity index (χ0v) is 9.22. The molecule has 0 aliphatic carbocycles. The molecule has 0 radical (unpaired) electrons. The van der Waals surface area contributed by atoms with Crippen molar-refractivity contribution < 1.29 is 4.79 Å². The number of rotatable bonds is 6. The van der Waals surface area contributed by atoms with Gasteiger partial charge in [0.1, 0.15) is 0 Å². The smallest absolute Gasteiger partial charge is 0.220 e. The molecule has 1 heterocycles. The second kappa shape index (κ2) is 7.30. The fourth-order valence-electron chi connectivity index (χ4n) is 1.80. The molecule has 0 aromatic rings. The third-order valence-corrected chi connectivity index (χ3v) is 2.76. The fraction of sp³-hybridized carbons (Fsp3) is 0.750. The van der Waals surface area contributed by atoms with Gasteiger partial charge in [-0.25, -0.2) is 0 Å². The van der Waals surface area contributed by atoms with Crippen LogP contribution in [-0.4, -0.2) is 25.5 Å². The number of nitrogens with one attached hydrogen (secondary N) is 2. The maximum absolute atomic E-state index is 11.4. The Hall–Kier alpha value is -1.01. The van der Waals surface area contributed by atoms with Crippen LogP contribution in [0.25, 0.3) is 0 Å². The minimum Gasteiger partial charge on any atom is -0.356 e. The summed E-state index contributed by atoms with van der Waals surface area (Å²) in [5.74, 6) is 3.42. The van der Waals surface area contributed by atoms with Crippen LogP contribution in [0.5, 0.6) is 0 Å². The second-order valence-corrected chi connectivity index (χ2v) is 4.06. The average Bonchev–Trinajstić information content (AvgIpc) is 2.74. The Bertz CT molecular complexity index is 226. The first-order chi connectivity index (χ1) is 7.33. The van der Waals surface area contributed by atoms with Gasteiger partial charge < -0.3 is 10.6 Å². The van der Waals surface area contributed by atoms with Gasteiger partial charge in [0.2, 0.25) is 5.91 Å². The zero-order valence-electron chi connectivity index (χ0n) is 9.22. The second-order valence-electron chi connectivity index (χ2n) is 4.06. The highest BCUT2D eigenvalue weighted by Gasteiger charge is 2.15. The van der Waals surface area contributed by atoms with Gasteiger partial charge in [-0.3, -0.25) is 4.79 Å². The first-order valence-corrected chi connectivity index (χ1v) is 5.74. The monoisotopic (exact) mass is 208 g/mol. The minimum absolute atomic E-state index is 0.166. The lowest BCUT2D eigenvalue weighted by Crippen LogP contribution is -2.24. The van der Waals surface area contributed by atoms with E-state index in [2.05, 4.69) is 16.6 Å². The number of hydrogen-bond acceptors (Lipinski definition) is 2. The van der Waals surface area contributed by atoms with E-state index in [0.717, 1.165) is 32.4 Å². The summed E-state index contributed by atoms with van der Waals surface area (Å²) in [6.45, 7) is 2.89. The summed E-state index contributed by atoms with van der Waals surface area (Å²) in [6, 6.07) is 0. The number of unbranched alkanes of at least 4 members (excludes halogenated alkanes) is 1. The van der Waals surface area contributed by atoms with Crippen LogP contribution in [0.15, 0.2) is 0 Å². The summed E-state index contributed by atoms with van der Waals surface area (Å²) in [7, 11) is 0. The van der Waals surface area contributed by atoms with Crippen LogP contribution >= 0.6 is 0 Å². The molecule has 15 heavy (non-hydrogen) atoms. The van der Waals surface area contributed by atoms with Crippen LogP contribution in [-0.2, 0) is 4.79 Å². The molecular formula is C12H20N2O. The molecule has 1 fully saturated rings. The Labute approximate surface area is 92.0 Å². The van der Waals surface area contributed by atoms with Crippen LogP contribution in [0, 0.1) is 18.3 Å². The van der Waals surface area contributed by atoms with E-state index >= 15 is 0 Å². The van der Waals surface area contributed by atoms with Crippen LogP contribution < -0.4 is 10.6 Å². The zero-order chi connectivity index (χ0) is 10.9. The number of terminal acetylenes is 1. The van der Waals surface area contributed by atoms with Gasteiger partial charge in [-0.1, -0.05) is 0 Å². The van der Waals surface area contributed by atoms with E-state index < -0.39 is 0 Å². The number of hydrogen-bond donors (Lipinski definition) is 2. The van der Waals surface area contributed by atoms with Gasteiger partial charge in [0.05, 0.1) is 0 Å². The van der Waals surface area contributed by atoms with Crippen molar-refractivity contribution in [3.05, 3.63) is 0 Å². The highest BCUT2D eigenvalue weighted by Crippen LogP contribution is 2.13. The average molecular weight is 208 g/mol. The van der Waals surface area contributed by atoms with Crippen molar-refractivity contribution in [3.8, 4) is 12.3 Å². The van der Waals surface area contributed by atoms with Gasteiger partial charge in [0.25, 0.3) is 0 Å². The number of amides is 1. The highest BCUT2D eigenvalue weighted by atomic mass is 16.1. The van der Waals surface area contributed by atoms with Crippen molar-refractivity contribution in [1.29, 1.82) is 0 Å². The Morgan fingerprint density at radius 3 is 3.13 bits per heavy atom. The Balaban J connectivity index is 1.96. The van der Waals surface area contributed by atoms with Crippen molar-refractivity contribution >= 4 is 5.91 Å². The van der Waals surface area contributed by atoms with E-state index in [1.54, 1.807) is 0 Å². The van der Waals surface area contributed by atoms with Crippen LogP contribution in [0.3, 0.4) is 0 Å². The fourth-order valence-corrected chi connectivity index (χ4v) is 1.80. The van der Waals surface area contributed by atoms with E-state index in [0.29, 0.717) is 18.9 Å². The van der Waals surface area contributed by atoms with Crippen LogP contribution in [0.2, 0.25) is 0 Å². The summed E-state index contributed by atoms with van der Waals surface area (Å²) in [6.07, 6.45) is 9.62. The molecule has 1 amide bonds. The summed E-state index contributed by atoms with van der Waals surface area (Å²) >= 11 is 0. The molecule has 0 bridgehead atoms. The minimum atomic E-state index is 0.166. The maximum atomic E-state index is 11.4. The third kappa shape index (κ3) is 5.44. The molecule has 3 nitrogen and oxygen atoms in total. The summed E-state index contributed by atoms with van der Waals surface area (Å²) in [5.41, 5.74) is 0. The van der Waals surface area contributed by atoms with E-state index in [1.165, 1.54) is 6.42 Å². The normalized spacial score (nSPS) is 19.8. The first-order valence-electron chi connectivity index (χ1n) is 5.74. The Kier molecular flexibility index (Phi) is 5.87. The molecule has 3 heteroatoms. The summed E-state index contributed by atoms with van der Waals surface area (Å²) < 4.78 is 0. The molecule has 1 aliphatic rings. The third-order valence-electron chi connectivity index (χ3n) is 2.76. The van der Waals surface area contributed by atoms with Gasteiger partial charge in [0, 0.05) is 19.4 Å². The summed E-state index contributed by atoms with van der Waals surface area (Å²) in [5, 5.41) is 6.19. The van der Waals surface area contributed by atoms with Crippen molar-refractivity contribution in [2.75, 3.05) is 19.6 Å².